The number of aromatic hydroxyl groups is 1. The van der Waals surface area contributed by atoms with Gasteiger partial charge in [0.1, 0.15) is 12.1 Å². The lowest BCUT2D eigenvalue weighted by Crippen LogP contribution is -2.21. The Labute approximate surface area is 198 Å². The molecule has 0 amide bonds. The number of rotatable bonds is 6. The molecule has 3 aromatic rings. The molecule has 9 heteroatoms. The van der Waals surface area contributed by atoms with Gasteiger partial charge in [0.25, 0.3) is 0 Å². The van der Waals surface area contributed by atoms with Crippen LogP contribution in [0.3, 0.4) is 0 Å². The highest BCUT2D eigenvalue weighted by molar-refractivity contribution is 9.10. The first kappa shape index (κ1) is 26.8. The maximum atomic E-state index is 8.76. The van der Waals surface area contributed by atoms with Crippen LogP contribution in [-0.4, -0.2) is 49.2 Å². The molecule has 0 saturated heterocycles. The van der Waals surface area contributed by atoms with Crippen LogP contribution >= 0.6 is 28.6 Å². The highest BCUT2D eigenvalue weighted by Crippen LogP contribution is 2.21. The monoisotopic (exact) mass is 506 g/mol. The fourth-order valence-corrected chi connectivity index (χ4v) is 3.37. The van der Waals surface area contributed by atoms with Crippen LogP contribution in [0.25, 0.3) is 11.2 Å². The van der Waals surface area contributed by atoms with Crippen molar-refractivity contribution in [3.63, 3.8) is 0 Å². The lowest BCUT2D eigenvalue weighted by molar-refractivity contribution is 0.321. The number of imidazole rings is 1. The molecule has 3 N–H and O–H groups in total. The number of aryl methyl sites for hydroxylation is 1. The van der Waals surface area contributed by atoms with Crippen molar-refractivity contribution in [1.29, 1.82) is 0 Å². The fourth-order valence-electron chi connectivity index (χ4n) is 2.63. The number of anilines is 1. The van der Waals surface area contributed by atoms with E-state index in [1.807, 2.05) is 10.6 Å². The molecule has 0 aliphatic rings. The summed E-state index contributed by atoms with van der Waals surface area (Å²) in [6.45, 7) is 10.9. The minimum atomic E-state index is 0.262. The molecule has 0 unspecified atom stereocenters. The average molecular weight is 508 g/mol. The summed E-state index contributed by atoms with van der Waals surface area (Å²) in [4.78, 5) is 15.5. The molecule has 7 nitrogen and oxygen atoms in total. The van der Waals surface area contributed by atoms with E-state index in [-0.39, 0.29) is 5.75 Å². The molecular weight excluding hydrogens is 476 g/mol. The zero-order valence-electron chi connectivity index (χ0n) is 18.3. The summed E-state index contributed by atoms with van der Waals surface area (Å²) in [6.07, 6.45) is 8.25. The van der Waals surface area contributed by atoms with Crippen molar-refractivity contribution in [1.82, 2.24) is 24.4 Å². The summed E-state index contributed by atoms with van der Waals surface area (Å²) in [5.74, 6) is 3.25. The van der Waals surface area contributed by atoms with Crippen LogP contribution < -0.4 is 5.73 Å². The lowest BCUT2D eigenvalue weighted by atomic mass is 10.3. The number of thiol groups is 1. The quantitative estimate of drug-likeness (QED) is 0.195. The standard InChI is InChI=1S/C10H10BrN5.C6H15N.C6H6OS/c1-2-3-4-5-16-9-7(15-10(16)11)8(12)13-6-14-9;1-4-7(5-2)6-3;7-5-2-1-3-6(8)4-5/h1,6H,3-5H2,(H2,12,13,14);4-6H2,1-3H3;1-4,7-8H. The number of benzene rings is 1. The topological polar surface area (TPSA) is 93.1 Å². The number of terminal acetylenes is 1. The number of aromatic nitrogens is 4. The zero-order valence-corrected chi connectivity index (χ0v) is 20.8. The van der Waals surface area contributed by atoms with Gasteiger partial charge in [-0.3, -0.25) is 0 Å². The highest BCUT2D eigenvalue weighted by atomic mass is 79.9. The van der Waals surface area contributed by atoms with E-state index in [0.29, 0.717) is 16.1 Å². The number of nitrogens with two attached hydrogens (primary N) is 1. The first-order valence-electron chi connectivity index (χ1n) is 10.1. The summed E-state index contributed by atoms with van der Waals surface area (Å²) in [7, 11) is 0. The summed E-state index contributed by atoms with van der Waals surface area (Å²) < 4.78 is 2.64. The summed E-state index contributed by atoms with van der Waals surface area (Å²) >= 11 is 7.37. The van der Waals surface area contributed by atoms with Crippen molar-refractivity contribution in [2.45, 2.75) is 45.1 Å². The Hall–Kier alpha value is -2.28. The van der Waals surface area contributed by atoms with E-state index in [0.717, 1.165) is 29.9 Å². The second-order valence-corrected chi connectivity index (χ2v) is 7.64. The van der Waals surface area contributed by atoms with E-state index in [1.54, 1.807) is 18.2 Å². The molecule has 0 aliphatic heterocycles. The number of hydrogen-bond donors (Lipinski definition) is 3. The minimum absolute atomic E-state index is 0.262. The van der Waals surface area contributed by atoms with Crippen LogP contribution in [0.15, 0.2) is 40.2 Å². The Bertz CT molecular complexity index is 946. The van der Waals surface area contributed by atoms with Crippen molar-refractivity contribution in [2.75, 3.05) is 25.4 Å². The predicted molar refractivity (Wildman–Crippen MR) is 134 cm³/mol. The van der Waals surface area contributed by atoms with Crippen LogP contribution in [0.5, 0.6) is 5.75 Å². The highest BCUT2D eigenvalue weighted by Gasteiger charge is 2.11. The Morgan fingerprint density at radius 1 is 1.23 bits per heavy atom. The van der Waals surface area contributed by atoms with Crippen molar-refractivity contribution in [3.8, 4) is 18.1 Å². The molecule has 31 heavy (non-hydrogen) atoms. The van der Waals surface area contributed by atoms with E-state index in [4.69, 9.17) is 17.3 Å². The SMILES string of the molecule is C#CCCCn1c(Br)nc2c(N)ncnc21.CCN(CC)CC.Oc1cccc(S)c1. The van der Waals surface area contributed by atoms with Gasteiger partial charge in [0.05, 0.1) is 0 Å². The first-order valence-corrected chi connectivity index (χ1v) is 11.4. The molecule has 168 valence electrons. The van der Waals surface area contributed by atoms with Crippen molar-refractivity contribution < 1.29 is 5.11 Å². The number of halogens is 1. The smallest absolute Gasteiger partial charge is 0.179 e. The van der Waals surface area contributed by atoms with Gasteiger partial charge in [0, 0.05) is 17.9 Å². The van der Waals surface area contributed by atoms with Gasteiger partial charge in [0.15, 0.2) is 21.7 Å². The third kappa shape index (κ3) is 9.17. The molecule has 0 saturated carbocycles. The van der Waals surface area contributed by atoms with Gasteiger partial charge >= 0.3 is 0 Å². The molecule has 3 rings (SSSR count). The minimum Gasteiger partial charge on any atom is -0.508 e. The third-order valence-corrected chi connectivity index (χ3v) is 5.27. The second-order valence-electron chi connectivity index (χ2n) is 6.41. The maximum absolute atomic E-state index is 8.76. The van der Waals surface area contributed by atoms with Crippen LogP contribution in [0.2, 0.25) is 0 Å². The van der Waals surface area contributed by atoms with E-state index in [9.17, 15) is 0 Å². The molecule has 2 aromatic heterocycles. The molecule has 1 aromatic carbocycles. The zero-order chi connectivity index (χ0) is 23.2. The van der Waals surface area contributed by atoms with Gasteiger partial charge in [-0.1, -0.05) is 26.8 Å². The first-order chi connectivity index (χ1) is 14.9. The molecule has 0 fully saturated rings. The van der Waals surface area contributed by atoms with Gasteiger partial charge in [-0.25, -0.2) is 15.0 Å². The van der Waals surface area contributed by atoms with Crippen LogP contribution in [0, 0.1) is 12.3 Å². The molecule has 0 atom stereocenters. The van der Waals surface area contributed by atoms with Crippen LogP contribution in [-0.2, 0) is 6.54 Å². The number of nitrogens with zero attached hydrogens (tertiary/aromatic N) is 5. The van der Waals surface area contributed by atoms with E-state index in [1.165, 1.54) is 26.0 Å². The van der Waals surface area contributed by atoms with Gasteiger partial charge in [0.2, 0.25) is 0 Å². The Morgan fingerprint density at radius 2 is 1.90 bits per heavy atom. The van der Waals surface area contributed by atoms with Gasteiger partial charge in [-0.05, 0) is 60.2 Å². The third-order valence-electron chi connectivity index (χ3n) is 4.39. The lowest BCUT2D eigenvalue weighted by Gasteiger charge is -2.13. The molecule has 0 bridgehead atoms. The van der Waals surface area contributed by atoms with Crippen LogP contribution in [0.1, 0.15) is 33.6 Å². The number of hydrogen-bond acceptors (Lipinski definition) is 7. The summed E-state index contributed by atoms with van der Waals surface area (Å²) in [6, 6.07) is 6.75. The van der Waals surface area contributed by atoms with Gasteiger partial charge < -0.3 is 20.3 Å². The molecular formula is C22H31BrN6OS. The van der Waals surface area contributed by atoms with Gasteiger partial charge in [-0.2, -0.15) is 0 Å². The largest absolute Gasteiger partial charge is 0.508 e. The average Bonchev–Trinajstić information content (AvgIpc) is 3.07. The number of phenols is 1. The maximum Gasteiger partial charge on any atom is 0.179 e. The number of phenolic OH excluding ortho intramolecular Hbond substituents is 1. The number of unbranched alkanes of at least 4 members (excludes halogenated alkanes) is 1. The van der Waals surface area contributed by atoms with E-state index >= 15 is 0 Å². The van der Waals surface area contributed by atoms with E-state index in [2.05, 4.69) is 75.1 Å². The normalized spacial score (nSPS) is 10.1. The number of nitrogen functional groups attached to an aromatic ring is 1. The van der Waals surface area contributed by atoms with Gasteiger partial charge in [-0.15, -0.1) is 25.0 Å². The molecule has 0 radical (unpaired) electrons. The summed E-state index contributed by atoms with van der Waals surface area (Å²) in [5, 5.41) is 8.76. The Kier molecular flexibility index (Phi) is 12.7. The van der Waals surface area contributed by atoms with Crippen molar-refractivity contribution in [2.24, 2.45) is 0 Å². The number of fused-ring (bicyclic) bond motifs is 1. The second kappa shape index (κ2) is 14.7. The fraction of sp³-hybridized carbons (Fsp3) is 0.409. The summed E-state index contributed by atoms with van der Waals surface area (Å²) in [5.41, 5.74) is 7.07. The van der Waals surface area contributed by atoms with Crippen LogP contribution in [0.4, 0.5) is 5.82 Å². The molecule has 0 spiro atoms. The predicted octanol–water partition coefficient (Wildman–Crippen LogP) is 4.61. The van der Waals surface area contributed by atoms with Crippen molar-refractivity contribution >= 4 is 45.5 Å². The Morgan fingerprint density at radius 3 is 2.39 bits per heavy atom. The Balaban J connectivity index is 0.000000268. The van der Waals surface area contributed by atoms with Crippen molar-refractivity contribution in [3.05, 3.63) is 35.3 Å². The molecule has 2 heterocycles. The van der Waals surface area contributed by atoms with E-state index < -0.39 is 0 Å². The molecule has 0 aliphatic carbocycles.